The molecule has 0 aliphatic carbocycles. The molecule has 1 aromatic carbocycles. The average molecular weight is 483 g/mol. The Morgan fingerprint density at radius 3 is 2.60 bits per heavy atom. The van der Waals surface area contributed by atoms with Crippen molar-refractivity contribution in [1.29, 1.82) is 0 Å². The lowest BCUT2D eigenvalue weighted by atomic mass is 9.97. The molecule has 3 N–H and O–H groups in total. The van der Waals surface area contributed by atoms with Crippen molar-refractivity contribution in [2.45, 2.75) is 64.4 Å². The molecule has 1 fully saturated rings. The maximum atomic E-state index is 13.6. The molecular weight excluding hydrogens is 451 g/mol. The van der Waals surface area contributed by atoms with E-state index in [1.54, 1.807) is 19.2 Å². The average Bonchev–Trinajstić information content (AvgIpc) is 3.29. The Bertz CT molecular complexity index is 1160. The molecule has 1 saturated heterocycles. The number of aromatic amines is 1. The highest BCUT2D eigenvalue weighted by Crippen LogP contribution is 2.33. The van der Waals surface area contributed by atoms with Gasteiger partial charge in [0, 0.05) is 31.0 Å². The third-order valence-electron chi connectivity index (χ3n) is 5.60. The van der Waals surface area contributed by atoms with Crippen molar-refractivity contribution in [3.63, 3.8) is 0 Å². The molecule has 0 radical (unpaired) electrons. The summed E-state index contributed by atoms with van der Waals surface area (Å²) >= 11 is 0. The second kappa shape index (κ2) is 10.1. The van der Waals surface area contributed by atoms with Crippen LogP contribution in [0.4, 0.5) is 10.3 Å². The van der Waals surface area contributed by atoms with Gasteiger partial charge < -0.3 is 9.47 Å². The fraction of sp³-hybridized carbons (Fsp3) is 0.458. The number of ether oxygens (including phenoxy) is 2. The van der Waals surface area contributed by atoms with Gasteiger partial charge in [-0.2, -0.15) is 5.21 Å². The monoisotopic (exact) mass is 482 g/mol. The maximum Gasteiger partial charge on any atom is 0.240 e. The molecule has 186 valence electrons. The summed E-state index contributed by atoms with van der Waals surface area (Å²) in [6.45, 7) is 7.89. The van der Waals surface area contributed by atoms with Gasteiger partial charge in [0.05, 0.1) is 23.6 Å². The highest BCUT2D eigenvalue weighted by molar-refractivity contribution is 5.74. The highest BCUT2D eigenvalue weighted by atomic mass is 19.1. The second-order valence-electron chi connectivity index (χ2n) is 9.37. The number of benzene rings is 1. The predicted octanol–water partition coefficient (Wildman–Crippen LogP) is 3.40. The van der Waals surface area contributed by atoms with Gasteiger partial charge in [-0.25, -0.2) is 20.2 Å². The minimum Gasteiger partial charge on any atom is -0.347 e. The molecule has 0 amide bonds. The molecule has 11 heteroatoms. The van der Waals surface area contributed by atoms with Crippen LogP contribution in [0.3, 0.4) is 0 Å². The van der Waals surface area contributed by atoms with Gasteiger partial charge in [0.2, 0.25) is 5.95 Å². The number of hydrogen-bond acceptors (Lipinski definition) is 9. The first-order chi connectivity index (χ1) is 16.6. The Kier molecular flexibility index (Phi) is 7.20. The largest absolute Gasteiger partial charge is 0.347 e. The Morgan fingerprint density at radius 1 is 1.23 bits per heavy atom. The van der Waals surface area contributed by atoms with Crippen LogP contribution >= 0.6 is 0 Å². The fourth-order valence-corrected chi connectivity index (χ4v) is 4.13. The first-order valence-electron chi connectivity index (χ1n) is 11.5. The lowest BCUT2D eigenvalue weighted by molar-refractivity contribution is -0.289. The molecule has 0 saturated carbocycles. The van der Waals surface area contributed by atoms with Crippen LogP contribution in [0.25, 0.3) is 17.3 Å². The summed E-state index contributed by atoms with van der Waals surface area (Å²) in [5.74, 6) is 5.94. The summed E-state index contributed by atoms with van der Waals surface area (Å²) < 4.78 is 25.9. The van der Waals surface area contributed by atoms with Gasteiger partial charge in [0.1, 0.15) is 5.82 Å². The van der Waals surface area contributed by atoms with Crippen molar-refractivity contribution < 1.29 is 13.9 Å². The molecule has 0 unspecified atom stereocenters. The molecular formula is C24H31FN8O2. The first kappa shape index (κ1) is 24.8. The van der Waals surface area contributed by atoms with Gasteiger partial charge in [-0.1, -0.05) is 31.2 Å². The minimum atomic E-state index is -0.787. The first-order valence-corrected chi connectivity index (χ1v) is 11.5. The maximum absolute atomic E-state index is 13.6. The molecule has 4 rings (SSSR count). The Labute approximate surface area is 203 Å². The van der Waals surface area contributed by atoms with Crippen molar-refractivity contribution >= 4 is 12.0 Å². The predicted molar refractivity (Wildman–Crippen MR) is 129 cm³/mol. The van der Waals surface area contributed by atoms with E-state index in [0.717, 1.165) is 16.8 Å². The number of hydrazine groups is 1. The van der Waals surface area contributed by atoms with Crippen LogP contribution in [0.1, 0.15) is 57.1 Å². The van der Waals surface area contributed by atoms with E-state index in [1.807, 2.05) is 26.0 Å². The number of H-pyrrole nitrogens is 1. The van der Waals surface area contributed by atoms with Crippen LogP contribution in [-0.2, 0) is 15.9 Å². The van der Waals surface area contributed by atoms with Crippen molar-refractivity contribution in [1.82, 2.24) is 30.6 Å². The second-order valence-corrected chi connectivity index (χ2v) is 9.37. The standard InChI is InChI=1S/C24H31FN8O2/c1-14(2)21-19(22(28-23(27-21)33(5)26)15-6-8-16(25)9-7-15)11-10-17-12-18(35-24(3,4)34-17)13-20-29-31-32-30-20/h6-11,14,17-18H,12-13,26H2,1-5H3,(H,29,30,31,32)/b11-10+/t17-,18-/m1/s1. The van der Waals surface area contributed by atoms with Gasteiger partial charge in [0.15, 0.2) is 11.6 Å². The molecule has 1 aliphatic heterocycles. The summed E-state index contributed by atoms with van der Waals surface area (Å²) in [6.07, 6.45) is 4.74. The van der Waals surface area contributed by atoms with Crippen LogP contribution in [0.2, 0.25) is 0 Å². The Hall–Kier alpha value is -3.28. The number of nitrogens with one attached hydrogen (secondary N) is 1. The summed E-state index contributed by atoms with van der Waals surface area (Å²) in [5.41, 5.74) is 3.10. The van der Waals surface area contributed by atoms with E-state index >= 15 is 0 Å². The Balaban J connectivity index is 1.71. The molecule has 0 bridgehead atoms. The molecule has 2 atom stereocenters. The van der Waals surface area contributed by atoms with E-state index in [9.17, 15) is 4.39 Å². The zero-order valence-electron chi connectivity index (χ0n) is 20.6. The molecule has 3 heterocycles. The minimum absolute atomic E-state index is 0.0913. The summed E-state index contributed by atoms with van der Waals surface area (Å²) in [6, 6.07) is 6.24. The van der Waals surface area contributed by atoms with Gasteiger partial charge in [0.25, 0.3) is 0 Å². The number of hydrogen-bond donors (Lipinski definition) is 2. The van der Waals surface area contributed by atoms with E-state index in [2.05, 4.69) is 34.5 Å². The number of anilines is 1. The van der Waals surface area contributed by atoms with E-state index < -0.39 is 5.79 Å². The fourth-order valence-electron chi connectivity index (χ4n) is 4.13. The summed E-state index contributed by atoms with van der Waals surface area (Å²) in [5, 5.41) is 15.5. The number of nitrogens with zero attached hydrogens (tertiary/aromatic N) is 6. The SMILES string of the molecule is CC(C)c1nc(N(C)N)nc(-c2ccc(F)cc2)c1/C=C/[C@@H]1C[C@H](Cc2nn[nH]n2)OC(C)(C)O1. The van der Waals surface area contributed by atoms with Gasteiger partial charge in [-0.3, -0.25) is 5.01 Å². The van der Waals surface area contributed by atoms with Gasteiger partial charge >= 0.3 is 0 Å². The summed E-state index contributed by atoms with van der Waals surface area (Å²) in [4.78, 5) is 9.40. The summed E-state index contributed by atoms with van der Waals surface area (Å²) in [7, 11) is 1.69. The van der Waals surface area contributed by atoms with E-state index in [0.29, 0.717) is 30.3 Å². The van der Waals surface area contributed by atoms with Crippen LogP contribution in [0.5, 0.6) is 0 Å². The third-order valence-corrected chi connectivity index (χ3v) is 5.60. The number of tetrazole rings is 1. The highest BCUT2D eigenvalue weighted by Gasteiger charge is 2.35. The topological polar surface area (TPSA) is 128 Å². The zero-order valence-corrected chi connectivity index (χ0v) is 20.6. The van der Waals surface area contributed by atoms with Crippen molar-refractivity contribution in [2.24, 2.45) is 5.84 Å². The lowest BCUT2D eigenvalue weighted by Crippen LogP contribution is -2.44. The van der Waals surface area contributed by atoms with E-state index in [-0.39, 0.29) is 23.9 Å². The molecule has 1 aliphatic rings. The third kappa shape index (κ3) is 6.05. The zero-order chi connectivity index (χ0) is 25.2. The molecule has 10 nitrogen and oxygen atoms in total. The van der Waals surface area contributed by atoms with Crippen molar-refractivity contribution in [3.8, 4) is 11.3 Å². The van der Waals surface area contributed by atoms with Crippen molar-refractivity contribution in [2.75, 3.05) is 12.1 Å². The molecule has 2 aromatic heterocycles. The van der Waals surface area contributed by atoms with Crippen LogP contribution in [0.15, 0.2) is 30.3 Å². The lowest BCUT2D eigenvalue weighted by Gasteiger charge is -2.39. The molecule has 3 aromatic rings. The van der Waals surface area contributed by atoms with E-state index in [1.165, 1.54) is 17.1 Å². The normalized spacial score (nSPS) is 20.0. The van der Waals surface area contributed by atoms with Gasteiger partial charge in [-0.15, -0.1) is 10.2 Å². The number of aromatic nitrogens is 6. The molecule has 35 heavy (non-hydrogen) atoms. The van der Waals surface area contributed by atoms with Crippen molar-refractivity contribution in [3.05, 3.63) is 53.2 Å². The number of nitrogens with two attached hydrogens (primary N) is 1. The number of rotatable bonds is 7. The quantitative estimate of drug-likeness (QED) is 0.385. The number of halogens is 1. The van der Waals surface area contributed by atoms with Gasteiger partial charge in [-0.05, 0) is 44.0 Å². The Morgan fingerprint density at radius 2 is 1.97 bits per heavy atom. The smallest absolute Gasteiger partial charge is 0.240 e. The van der Waals surface area contributed by atoms with E-state index in [4.69, 9.17) is 25.3 Å². The van der Waals surface area contributed by atoms with Crippen LogP contribution < -0.4 is 10.9 Å². The molecule has 0 spiro atoms. The van der Waals surface area contributed by atoms with Crippen LogP contribution in [0, 0.1) is 5.82 Å². The van der Waals surface area contributed by atoms with Crippen LogP contribution in [-0.4, -0.2) is 55.6 Å².